The van der Waals surface area contributed by atoms with Gasteiger partial charge in [0.1, 0.15) is 23.0 Å². The van der Waals surface area contributed by atoms with Crippen molar-refractivity contribution in [2.75, 3.05) is 6.54 Å². The van der Waals surface area contributed by atoms with E-state index in [1.165, 1.54) is 0 Å². The van der Waals surface area contributed by atoms with Gasteiger partial charge in [-0.1, -0.05) is 6.92 Å². The molecule has 2 heterocycles. The van der Waals surface area contributed by atoms with Crippen LogP contribution in [-0.2, 0) is 13.0 Å². The molecule has 0 bridgehead atoms. The minimum Gasteiger partial charge on any atom is -0.352 e. The Kier molecular flexibility index (Phi) is 5.02. The molecule has 0 aliphatic rings. The van der Waals surface area contributed by atoms with Crippen LogP contribution in [0.2, 0.25) is 0 Å². The third-order valence-corrected chi connectivity index (χ3v) is 3.79. The van der Waals surface area contributed by atoms with Gasteiger partial charge in [0.2, 0.25) is 0 Å². The summed E-state index contributed by atoms with van der Waals surface area (Å²) in [4.78, 5) is 21.0. The van der Waals surface area contributed by atoms with Crippen molar-refractivity contribution in [3.05, 3.63) is 59.6 Å². The highest BCUT2D eigenvalue weighted by atomic mass is 19.1. The number of aromatic nitrogens is 3. The molecule has 3 aromatic rings. The number of nitrogens with one attached hydrogen (secondary N) is 1. The first-order valence-electron chi connectivity index (χ1n) is 8.13. The highest BCUT2D eigenvalue weighted by Crippen LogP contribution is 2.14. The molecule has 1 amide bonds. The van der Waals surface area contributed by atoms with E-state index in [0.717, 1.165) is 48.2 Å². The van der Waals surface area contributed by atoms with E-state index in [4.69, 9.17) is 0 Å². The number of nitrogens with zero attached hydrogens (tertiary/aromatic N) is 3. The third kappa shape index (κ3) is 3.81. The molecular formula is C18H18F2N4O. The first-order chi connectivity index (χ1) is 12.1. The quantitative estimate of drug-likeness (QED) is 0.747. The second-order valence-electron chi connectivity index (χ2n) is 5.69. The van der Waals surface area contributed by atoms with Crippen molar-refractivity contribution >= 4 is 17.1 Å². The molecule has 0 saturated carbocycles. The molecule has 130 valence electrons. The summed E-state index contributed by atoms with van der Waals surface area (Å²) < 4.78 is 28.4. The number of halogens is 2. The highest BCUT2D eigenvalue weighted by molar-refractivity contribution is 5.94. The lowest BCUT2D eigenvalue weighted by Crippen LogP contribution is -2.26. The standard InChI is InChI=1S/C18H18F2N4O/c1-2-8-24-16(23-15-4-3-6-21-17(15)24)5-7-22-18(25)12-9-13(19)11-14(20)10-12/h3-4,6,9-11H,2,5,7-8H2,1H3,(H,22,25). The van der Waals surface area contributed by atoms with Crippen molar-refractivity contribution in [1.82, 2.24) is 19.9 Å². The van der Waals surface area contributed by atoms with Crippen LogP contribution < -0.4 is 5.32 Å². The Balaban J connectivity index is 1.70. The minimum absolute atomic E-state index is 0.0405. The first-order valence-corrected chi connectivity index (χ1v) is 8.13. The monoisotopic (exact) mass is 344 g/mol. The zero-order valence-electron chi connectivity index (χ0n) is 13.8. The molecule has 0 aliphatic heterocycles. The Morgan fingerprint density at radius 1 is 1.24 bits per heavy atom. The number of rotatable bonds is 6. The van der Waals surface area contributed by atoms with E-state index < -0.39 is 17.5 Å². The summed E-state index contributed by atoms with van der Waals surface area (Å²) in [7, 11) is 0. The Hall–Kier alpha value is -2.83. The third-order valence-electron chi connectivity index (χ3n) is 3.79. The van der Waals surface area contributed by atoms with Gasteiger partial charge >= 0.3 is 0 Å². The zero-order chi connectivity index (χ0) is 17.8. The van der Waals surface area contributed by atoms with Crippen LogP contribution in [0.25, 0.3) is 11.2 Å². The number of hydrogen-bond donors (Lipinski definition) is 1. The normalized spacial score (nSPS) is 11.0. The van der Waals surface area contributed by atoms with Gasteiger partial charge < -0.3 is 9.88 Å². The highest BCUT2D eigenvalue weighted by Gasteiger charge is 2.12. The number of hydrogen-bond acceptors (Lipinski definition) is 3. The SMILES string of the molecule is CCCn1c(CCNC(=O)c2cc(F)cc(F)c2)nc2cccnc21. The summed E-state index contributed by atoms with van der Waals surface area (Å²) in [5, 5.41) is 2.67. The van der Waals surface area contributed by atoms with Crippen molar-refractivity contribution in [1.29, 1.82) is 0 Å². The van der Waals surface area contributed by atoms with Crippen LogP contribution in [0.5, 0.6) is 0 Å². The number of benzene rings is 1. The fourth-order valence-corrected chi connectivity index (χ4v) is 2.73. The van der Waals surface area contributed by atoms with Crippen molar-refractivity contribution in [3.63, 3.8) is 0 Å². The Labute approximate surface area is 143 Å². The van der Waals surface area contributed by atoms with Gasteiger partial charge in [-0.25, -0.2) is 18.7 Å². The van der Waals surface area contributed by atoms with Gasteiger partial charge in [0.25, 0.3) is 5.91 Å². The smallest absolute Gasteiger partial charge is 0.251 e. The lowest BCUT2D eigenvalue weighted by molar-refractivity contribution is 0.0953. The van der Waals surface area contributed by atoms with E-state index in [1.54, 1.807) is 6.20 Å². The van der Waals surface area contributed by atoms with E-state index >= 15 is 0 Å². The average Bonchev–Trinajstić information content (AvgIpc) is 2.92. The van der Waals surface area contributed by atoms with Crippen LogP contribution in [0.1, 0.15) is 29.5 Å². The van der Waals surface area contributed by atoms with Crippen molar-refractivity contribution < 1.29 is 13.6 Å². The lowest BCUT2D eigenvalue weighted by atomic mass is 10.2. The molecule has 1 aromatic carbocycles. The molecule has 1 N–H and O–H groups in total. The Morgan fingerprint density at radius 3 is 2.72 bits per heavy atom. The average molecular weight is 344 g/mol. The summed E-state index contributed by atoms with van der Waals surface area (Å²) in [5.41, 5.74) is 1.59. The molecule has 0 spiro atoms. The molecule has 0 atom stereocenters. The molecule has 0 radical (unpaired) electrons. The molecule has 2 aromatic heterocycles. The van der Waals surface area contributed by atoms with Crippen LogP contribution >= 0.6 is 0 Å². The van der Waals surface area contributed by atoms with Gasteiger partial charge in [-0.2, -0.15) is 0 Å². The second-order valence-corrected chi connectivity index (χ2v) is 5.69. The maximum absolute atomic E-state index is 13.2. The predicted molar refractivity (Wildman–Crippen MR) is 90.2 cm³/mol. The van der Waals surface area contributed by atoms with Crippen molar-refractivity contribution in [2.24, 2.45) is 0 Å². The molecule has 7 heteroatoms. The molecule has 5 nitrogen and oxygen atoms in total. The van der Waals surface area contributed by atoms with E-state index in [1.807, 2.05) is 16.7 Å². The fourth-order valence-electron chi connectivity index (χ4n) is 2.73. The molecule has 25 heavy (non-hydrogen) atoms. The second kappa shape index (κ2) is 7.38. The van der Waals surface area contributed by atoms with Crippen LogP contribution in [0.4, 0.5) is 8.78 Å². The maximum Gasteiger partial charge on any atom is 0.251 e. The molecule has 0 saturated heterocycles. The largest absolute Gasteiger partial charge is 0.352 e. The number of carbonyl (C=O) groups is 1. The van der Waals surface area contributed by atoms with Crippen molar-refractivity contribution in [2.45, 2.75) is 26.3 Å². The number of carbonyl (C=O) groups excluding carboxylic acids is 1. The molecule has 0 aliphatic carbocycles. The van der Waals surface area contributed by atoms with Crippen LogP contribution in [0.15, 0.2) is 36.5 Å². The van der Waals surface area contributed by atoms with Crippen LogP contribution in [0.3, 0.4) is 0 Å². The van der Waals surface area contributed by atoms with Crippen LogP contribution in [0, 0.1) is 11.6 Å². The van der Waals surface area contributed by atoms with Gasteiger partial charge in [-0.15, -0.1) is 0 Å². The van der Waals surface area contributed by atoms with E-state index in [-0.39, 0.29) is 5.56 Å². The number of imidazole rings is 1. The van der Waals surface area contributed by atoms with Gasteiger partial charge in [0, 0.05) is 37.3 Å². The molecular weight excluding hydrogens is 326 g/mol. The first kappa shape index (κ1) is 17.0. The topological polar surface area (TPSA) is 59.8 Å². The molecule has 3 rings (SSSR count). The number of pyridine rings is 1. The summed E-state index contributed by atoms with van der Waals surface area (Å²) >= 11 is 0. The minimum atomic E-state index is -0.777. The van der Waals surface area contributed by atoms with Gasteiger partial charge in [0.15, 0.2) is 5.65 Å². The van der Waals surface area contributed by atoms with Crippen molar-refractivity contribution in [3.8, 4) is 0 Å². The fraction of sp³-hybridized carbons (Fsp3) is 0.278. The maximum atomic E-state index is 13.2. The summed E-state index contributed by atoms with van der Waals surface area (Å²) in [5.74, 6) is -1.25. The Bertz CT molecular complexity index is 887. The summed E-state index contributed by atoms with van der Waals surface area (Å²) in [6.45, 7) is 3.16. The lowest BCUT2D eigenvalue weighted by Gasteiger charge is -2.08. The molecule has 0 fully saturated rings. The summed E-state index contributed by atoms with van der Waals surface area (Å²) in [6.07, 6.45) is 3.16. The Morgan fingerprint density at radius 2 is 2.00 bits per heavy atom. The number of fused-ring (bicyclic) bond motifs is 1. The summed E-state index contributed by atoms with van der Waals surface area (Å²) in [6, 6.07) is 6.47. The number of aryl methyl sites for hydroxylation is 1. The van der Waals surface area contributed by atoms with Crippen LogP contribution in [-0.4, -0.2) is 27.0 Å². The zero-order valence-corrected chi connectivity index (χ0v) is 13.8. The molecule has 0 unspecified atom stereocenters. The van der Waals surface area contributed by atoms with E-state index in [0.29, 0.717) is 13.0 Å². The van der Waals surface area contributed by atoms with E-state index in [9.17, 15) is 13.6 Å². The number of amides is 1. The predicted octanol–water partition coefficient (Wildman–Crippen LogP) is 3.09. The van der Waals surface area contributed by atoms with Gasteiger partial charge in [-0.05, 0) is 30.7 Å². The van der Waals surface area contributed by atoms with Gasteiger partial charge in [-0.3, -0.25) is 4.79 Å². The van der Waals surface area contributed by atoms with Gasteiger partial charge in [0.05, 0.1) is 0 Å². The van der Waals surface area contributed by atoms with E-state index in [2.05, 4.69) is 22.2 Å².